The van der Waals surface area contributed by atoms with Crippen LogP contribution in [0.1, 0.15) is 17.3 Å². The quantitative estimate of drug-likeness (QED) is 0.805. The Bertz CT molecular complexity index is 599. The van der Waals surface area contributed by atoms with E-state index >= 15 is 0 Å². The third-order valence-corrected chi connectivity index (χ3v) is 3.84. The van der Waals surface area contributed by atoms with E-state index in [0.29, 0.717) is 17.8 Å². The van der Waals surface area contributed by atoms with Crippen molar-refractivity contribution in [3.8, 4) is 17.0 Å². The van der Waals surface area contributed by atoms with Crippen LogP contribution in [0.2, 0.25) is 0 Å². The molecule has 0 radical (unpaired) electrons. The molecule has 21 heavy (non-hydrogen) atoms. The summed E-state index contributed by atoms with van der Waals surface area (Å²) in [6.45, 7) is 2.76. The van der Waals surface area contributed by atoms with Crippen molar-refractivity contribution in [2.45, 2.75) is 6.92 Å². The Kier molecular flexibility index (Phi) is 5.63. The van der Waals surface area contributed by atoms with Crippen molar-refractivity contribution in [3.63, 3.8) is 0 Å². The molecule has 2 rings (SSSR count). The van der Waals surface area contributed by atoms with Crippen LogP contribution in [-0.4, -0.2) is 34.0 Å². The number of carbonyl (C=O) groups is 1. The van der Waals surface area contributed by atoms with Crippen molar-refractivity contribution in [1.82, 2.24) is 10.3 Å². The van der Waals surface area contributed by atoms with Crippen molar-refractivity contribution in [2.75, 3.05) is 18.1 Å². The molecule has 0 saturated carbocycles. The monoisotopic (exact) mass is 302 g/mol. The molecule has 4 nitrogen and oxygen atoms in total. The van der Waals surface area contributed by atoms with Gasteiger partial charge in [-0.15, -0.1) is 0 Å². The van der Waals surface area contributed by atoms with E-state index in [9.17, 15) is 9.90 Å². The van der Waals surface area contributed by atoms with E-state index in [2.05, 4.69) is 17.2 Å². The number of aromatic hydroxyl groups is 1. The number of hydrogen-bond acceptors (Lipinski definition) is 4. The van der Waals surface area contributed by atoms with Crippen LogP contribution in [-0.2, 0) is 0 Å². The number of hydrogen-bond donors (Lipinski definition) is 2. The van der Waals surface area contributed by atoms with Crippen molar-refractivity contribution in [3.05, 3.63) is 48.2 Å². The number of rotatable bonds is 6. The van der Waals surface area contributed by atoms with Crippen molar-refractivity contribution in [2.24, 2.45) is 0 Å². The molecule has 0 unspecified atom stereocenters. The zero-order valence-electron chi connectivity index (χ0n) is 11.9. The highest BCUT2D eigenvalue weighted by atomic mass is 32.2. The molecule has 5 heteroatoms. The standard InChI is InChI=1S/C16H18N2O2S/c1-2-21-11-10-18-16(20)13-7-5-12(6-8-13)15-14(19)4-3-9-17-15/h3-9,19H,2,10-11H2,1H3,(H,18,20). The molecule has 0 bridgehead atoms. The van der Waals surface area contributed by atoms with E-state index < -0.39 is 0 Å². The highest BCUT2D eigenvalue weighted by Gasteiger charge is 2.08. The first-order chi connectivity index (χ1) is 10.2. The SMILES string of the molecule is CCSCCNC(=O)c1ccc(-c2ncccc2O)cc1. The number of amides is 1. The van der Waals surface area contributed by atoms with Crippen molar-refractivity contribution >= 4 is 17.7 Å². The maximum absolute atomic E-state index is 11.9. The second-order valence-electron chi connectivity index (χ2n) is 4.40. The maximum atomic E-state index is 11.9. The molecule has 0 aliphatic carbocycles. The minimum Gasteiger partial charge on any atom is -0.506 e. The van der Waals surface area contributed by atoms with Gasteiger partial charge in [-0.1, -0.05) is 19.1 Å². The lowest BCUT2D eigenvalue weighted by Gasteiger charge is -2.06. The van der Waals surface area contributed by atoms with Gasteiger partial charge in [0.15, 0.2) is 0 Å². The van der Waals surface area contributed by atoms with Crippen LogP contribution in [0.4, 0.5) is 0 Å². The average Bonchev–Trinajstić information content (AvgIpc) is 2.52. The van der Waals surface area contributed by atoms with Crippen LogP contribution in [0.15, 0.2) is 42.6 Å². The van der Waals surface area contributed by atoms with Gasteiger partial charge in [0.25, 0.3) is 5.91 Å². The predicted molar refractivity (Wildman–Crippen MR) is 86.7 cm³/mol. The smallest absolute Gasteiger partial charge is 0.251 e. The summed E-state index contributed by atoms with van der Waals surface area (Å²) in [5.74, 6) is 2.02. The van der Waals surface area contributed by atoms with E-state index in [-0.39, 0.29) is 11.7 Å². The topological polar surface area (TPSA) is 62.2 Å². The number of nitrogens with zero attached hydrogens (tertiary/aromatic N) is 1. The molecule has 1 aromatic carbocycles. The Balaban J connectivity index is 2.02. The van der Waals surface area contributed by atoms with E-state index in [1.807, 2.05) is 0 Å². The summed E-state index contributed by atoms with van der Waals surface area (Å²) in [5, 5.41) is 12.6. The largest absolute Gasteiger partial charge is 0.506 e. The number of aromatic nitrogens is 1. The molecule has 2 aromatic rings. The third-order valence-electron chi connectivity index (χ3n) is 2.94. The second-order valence-corrected chi connectivity index (χ2v) is 5.80. The maximum Gasteiger partial charge on any atom is 0.251 e. The molecule has 0 aliphatic rings. The fourth-order valence-electron chi connectivity index (χ4n) is 1.88. The lowest BCUT2D eigenvalue weighted by molar-refractivity contribution is 0.0956. The molecule has 0 fully saturated rings. The molecule has 0 saturated heterocycles. The van der Waals surface area contributed by atoms with Gasteiger partial charge < -0.3 is 10.4 Å². The first kappa shape index (κ1) is 15.4. The van der Waals surface area contributed by atoms with E-state index in [4.69, 9.17) is 0 Å². The molecule has 0 atom stereocenters. The minimum atomic E-state index is -0.0801. The molecule has 110 valence electrons. The molecule has 2 N–H and O–H groups in total. The van der Waals surface area contributed by atoms with Gasteiger partial charge in [0.05, 0.1) is 0 Å². The number of pyridine rings is 1. The summed E-state index contributed by atoms with van der Waals surface area (Å²) in [5.41, 5.74) is 1.91. The first-order valence-electron chi connectivity index (χ1n) is 6.82. The van der Waals surface area contributed by atoms with Crippen LogP contribution >= 0.6 is 11.8 Å². The lowest BCUT2D eigenvalue weighted by atomic mass is 10.1. The summed E-state index contributed by atoms with van der Waals surface area (Å²) in [4.78, 5) is 16.1. The normalized spacial score (nSPS) is 10.3. The van der Waals surface area contributed by atoms with Crippen LogP contribution < -0.4 is 5.32 Å². The number of nitrogens with one attached hydrogen (secondary N) is 1. The van der Waals surface area contributed by atoms with Crippen LogP contribution in [0.5, 0.6) is 5.75 Å². The predicted octanol–water partition coefficient (Wildman–Crippen LogP) is 2.94. The molecule has 1 amide bonds. The van der Waals surface area contributed by atoms with Gasteiger partial charge in [-0.2, -0.15) is 11.8 Å². The molecule has 0 aliphatic heterocycles. The summed E-state index contributed by atoms with van der Waals surface area (Å²) in [6.07, 6.45) is 1.63. The minimum absolute atomic E-state index is 0.0801. The number of thioether (sulfide) groups is 1. The Morgan fingerprint density at radius 3 is 2.71 bits per heavy atom. The Morgan fingerprint density at radius 1 is 1.29 bits per heavy atom. The van der Waals surface area contributed by atoms with Crippen LogP contribution in [0, 0.1) is 0 Å². The van der Waals surface area contributed by atoms with Crippen LogP contribution in [0.3, 0.4) is 0 Å². The van der Waals surface area contributed by atoms with Crippen LogP contribution in [0.25, 0.3) is 11.3 Å². The number of benzene rings is 1. The molecule has 1 heterocycles. The Hall–Kier alpha value is -2.01. The van der Waals surface area contributed by atoms with Gasteiger partial charge in [-0.05, 0) is 30.0 Å². The second kappa shape index (κ2) is 7.69. The Labute approximate surface area is 128 Å². The summed E-state index contributed by atoms with van der Waals surface area (Å²) in [7, 11) is 0. The highest BCUT2D eigenvalue weighted by molar-refractivity contribution is 7.99. The van der Waals surface area contributed by atoms with Gasteiger partial charge in [0.2, 0.25) is 0 Å². The lowest BCUT2D eigenvalue weighted by Crippen LogP contribution is -2.25. The highest BCUT2D eigenvalue weighted by Crippen LogP contribution is 2.26. The molecule has 0 spiro atoms. The zero-order valence-corrected chi connectivity index (χ0v) is 12.7. The van der Waals surface area contributed by atoms with E-state index in [0.717, 1.165) is 17.1 Å². The fraction of sp³-hybridized carbons (Fsp3) is 0.250. The van der Waals surface area contributed by atoms with Crippen molar-refractivity contribution in [1.29, 1.82) is 0 Å². The molecular weight excluding hydrogens is 284 g/mol. The van der Waals surface area contributed by atoms with Gasteiger partial charge in [0, 0.05) is 29.6 Å². The molecular formula is C16H18N2O2S. The number of carbonyl (C=O) groups excluding carboxylic acids is 1. The summed E-state index contributed by atoms with van der Waals surface area (Å²) in [6, 6.07) is 10.3. The summed E-state index contributed by atoms with van der Waals surface area (Å²) < 4.78 is 0. The first-order valence-corrected chi connectivity index (χ1v) is 7.98. The van der Waals surface area contributed by atoms with E-state index in [1.54, 1.807) is 54.4 Å². The van der Waals surface area contributed by atoms with Gasteiger partial charge in [0.1, 0.15) is 11.4 Å². The third kappa shape index (κ3) is 4.23. The fourth-order valence-corrected chi connectivity index (χ4v) is 2.42. The van der Waals surface area contributed by atoms with E-state index in [1.165, 1.54) is 0 Å². The van der Waals surface area contributed by atoms with Gasteiger partial charge in [-0.3, -0.25) is 9.78 Å². The molecule has 1 aromatic heterocycles. The average molecular weight is 302 g/mol. The summed E-state index contributed by atoms with van der Waals surface area (Å²) >= 11 is 1.80. The van der Waals surface area contributed by atoms with Crippen molar-refractivity contribution < 1.29 is 9.90 Å². The Morgan fingerprint density at radius 2 is 2.05 bits per heavy atom. The van der Waals surface area contributed by atoms with Gasteiger partial charge >= 0.3 is 0 Å². The zero-order chi connectivity index (χ0) is 15.1. The van der Waals surface area contributed by atoms with Gasteiger partial charge in [-0.25, -0.2) is 0 Å².